The van der Waals surface area contributed by atoms with Gasteiger partial charge in [-0.05, 0) is 48.4 Å². The number of amides is 1. The number of rotatable bonds is 6. The SMILES string of the molecule is COCc1cccc(NC(=O)c2cc3c(C)nn(Cc4ccc(F)cc4)c3s2)c1. The fraction of sp³-hybridized carbons (Fsp3) is 0.182. The van der Waals surface area contributed by atoms with Gasteiger partial charge in [-0.1, -0.05) is 24.3 Å². The fourth-order valence-electron chi connectivity index (χ4n) is 3.19. The number of aryl methyl sites for hydroxylation is 1. The third-order valence-corrected chi connectivity index (χ3v) is 5.72. The Balaban J connectivity index is 1.57. The number of carbonyl (C=O) groups is 1. The van der Waals surface area contributed by atoms with E-state index in [2.05, 4.69) is 10.4 Å². The maximum Gasteiger partial charge on any atom is 0.265 e. The zero-order valence-corrected chi connectivity index (χ0v) is 16.9. The highest BCUT2D eigenvalue weighted by atomic mass is 32.1. The van der Waals surface area contributed by atoms with E-state index in [1.807, 2.05) is 41.9 Å². The van der Waals surface area contributed by atoms with Crippen molar-refractivity contribution in [1.29, 1.82) is 0 Å². The summed E-state index contributed by atoms with van der Waals surface area (Å²) in [6.07, 6.45) is 0. The molecule has 1 N–H and O–H groups in total. The molecule has 2 aromatic carbocycles. The number of hydrogen-bond donors (Lipinski definition) is 1. The third-order valence-electron chi connectivity index (χ3n) is 4.57. The van der Waals surface area contributed by atoms with Crippen LogP contribution in [0.5, 0.6) is 0 Å². The van der Waals surface area contributed by atoms with Crippen molar-refractivity contribution in [2.75, 3.05) is 12.4 Å². The highest BCUT2D eigenvalue weighted by molar-refractivity contribution is 7.20. The summed E-state index contributed by atoms with van der Waals surface area (Å²) in [6, 6.07) is 15.8. The van der Waals surface area contributed by atoms with E-state index in [-0.39, 0.29) is 11.7 Å². The van der Waals surface area contributed by atoms with Gasteiger partial charge >= 0.3 is 0 Å². The van der Waals surface area contributed by atoms with Crippen LogP contribution < -0.4 is 5.32 Å². The lowest BCUT2D eigenvalue weighted by Crippen LogP contribution is -2.10. The molecule has 148 valence electrons. The second kappa shape index (κ2) is 8.14. The molecule has 0 aliphatic rings. The number of aromatic nitrogens is 2. The third kappa shape index (κ3) is 4.21. The molecule has 1 amide bonds. The molecule has 4 rings (SSSR count). The normalized spacial score (nSPS) is 11.1. The summed E-state index contributed by atoms with van der Waals surface area (Å²) in [6.45, 7) is 2.93. The molecule has 0 spiro atoms. The van der Waals surface area contributed by atoms with Gasteiger partial charge in [0.05, 0.1) is 23.7 Å². The van der Waals surface area contributed by atoms with Crippen molar-refractivity contribution in [3.8, 4) is 0 Å². The van der Waals surface area contributed by atoms with E-state index in [1.54, 1.807) is 19.2 Å². The average molecular weight is 409 g/mol. The minimum atomic E-state index is -0.264. The van der Waals surface area contributed by atoms with Crippen LogP contribution in [-0.2, 0) is 17.9 Å². The maximum absolute atomic E-state index is 13.1. The number of anilines is 1. The first-order valence-corrected chi connectivity index (χ1v) is 9.96. The molecule has 0 unspecified atom stereocenters. The Kier molecular flexibility index (Phi) is 5.42. The molecular formula is C22H20FN3O2S. The summed E-state index contributed by atoms with van der Waals surface area (Å²) in [7, 11) is 1.64. The Bertz CT molecular complexity index is 1160. The Morgan fingerprint density at radius 2 is 1.97 bits per heavy atom. The molecule has 0 atom stereocenters. The van der Waals surface area contributed by atoms with Gasteiger partial charge < -0.3 is 10.1 Å². The monoisotopic (exact) mass is 409 g/mol. The summed E-state index contributed by atoms with van der Waals surface area (Å²) >= 11 is 1.40. The van der Waals surface area contributed by atoms with Crippen LogP contribution in [0.4, 0.5) is 10.1 Å². The van der Waals surface area contributed by atoms with E-state index in [4.69, 9.17) is 4.74 Å². The van der Waals surface area contributed by atoms with E-state index in [0.717, 1.165) is 32.7 Å². The van der Waals surface area contributed by atoms with Crippen molar-refractivity contribution >= 4 is 33.1 Å². The largest absolute Gasteiger partial charge is 0.380 e. The van der Waals surface area contributed by atoms with Gasteiger partial charge in [-0.25, -0.2) is 4.39 Å². The molecule has 0 saturated heterocycles. The predicted molar refractivity (Wildman–Crippen MR) is 113 cm³/mol. The zero-order valence-electron chi connectivity index (χ0n) is 16.1. The summed E-state index contributed by atoms with van der Waals surface area (Å²) in [5, 5.41) is 8.47. The minimum Gasteiger partial charge on any atom is -0.380 e. The topological polar surface area (TPSA) is 56.1 Å². The molecule has 29 heavy (non-hydrogen) atoms. The van der Waals surface area contributed by atoms with Crippen molar-refractivity contribution < 1.29 is 13.9 Å². The quantitative estimate of drug-likeness (QED) is 0.488. The van der Waals surface area contributed by atoms with Gasteiger partial charge in [-0.2, -0.15) is 5.10 Å². The van der Waals surface area contributed by atoms with Crippen LogP contribution in [0.25, 0.3) is 10.2 Å². The smallest absolute Gasteiger partial charge is 0.265 e. The van der Waals surface area contributed by atoms with Crippen LogP contribution >= 0.6 is 11.3 Å². The number of thiophene rings is 1. The summed E-state index contributed by atoms with van der Waals surface area (Å²) in [5.74, 6) is -0.423. The highest BCUT2D eigenvalue weighted by Gasteiger charge is 2.17. The number of ether oxygens (including phenoxy) is 1. The molecule has 2 heterocycles. The Morgan fingerprint density at radius 1 is 1.17 bits per heavy atom. The molecule has 2 aromatic heterocycles. The van der Waals surface area contributed by atoms with Gasteiger partial charge in [0.1, 0.15) is 10.6 Å². The van der Waals surface area contributed by atoms with E-state index in [9.17, 15) is 9.18 Å². The first kappa shape index (κ1) is 19.3. The van der Waals surface area contributed by atoms with Gasteiger partial charge in [0.15, 0.2) is 0 Å². The van der Waals surface area contributed by atoms with Crippen LogP contribution in [0.2, 0.25) is 0 Å². The van der Waals surface area contributed by atoms with Gasteiger partial charge in [0.25, 0.3) is 5.91 Å². The van der Waals surface area contributed by atoms with Gasteiger partial charge in [0.2, 0.25) is 0 Å². The molecule has 0 aliphatic carbocycles. The standard InChI is InChI=1S/C22H20FN3O2S/c1-14-19-11-20(21(27)24-18-5-3-4-16(10-18)13-28-2)29-22(19)26(25-14)12-15-6-8-17(23)9-7-15/h3-11H,12-13H2,1-2H3,(H,24,27). The van der Waals surface area contributed by atoms with Gasteiger partial charge in [0, 0.05) is 18.2 Å². The molecule has 5 nitrogen and oxygen atoms in total. The van der Waals surface area contributed by atoms with Gasteiger partial charge in [-0.3, -0.25) is 9.48 Å². The van der Waals surface area contributed by atoms with E-state index in [0.29, 0.717) is 18.0 Å². The van der Waals surface area contributed by atoms with Crippen molar-refractivity contribution in [3.63, 3.8) is 0 Å². The highest BCUT2D eigenvalue weighted by Crippen LogP contribution is 2.29. The van der Waals surface area contributed by atoms with Crippen LogP contribution in [0.15, 0.2) is 54.6 Å². The summed E-state index contributed by atoms with van der Waals surface area (Å²) in [4.78, 5) is 14.3. The molecule has 0 bridgehead atoms. The lowest BCUT2D eigenvalue weighted by atomic mass is 10.2. The summed E-state index contributed by atoms with van der Waals surface area (Å²) in [5.41, 5.74) is 3.53. The first-order chi connectivity index (χ1) is 14.0. The predicted octanol–water partition coefficient (Wildman–Crippen LogP) is 4.99. The first-order valence-electron chi connectivity index (χ1n) is 9.14. The van der Waals surface area contributed by atoms with E-state index >= 15 is 0 Å². The second-order valence-corrected chi connectivity index (χ2v) is 7.82. The molecule has 0 saturated carbocycles. The number of hydrogen-bond acceptors (Lipinski definition) is 4. The number of fused-ring (bicyclic) bond motifs is 1. The average Bonchev–Trinajstić information content (AvgIpc) is 3.26. The molecule has 0 fully saturated rings. The van der Waals surface area contributed by atoms with Crippen molar-refractivity contribution in [3.05, 3.63) is 82.1 Å². The van der Waals surface area contributed by atoms with Crippen LogP contribution in [-0.4, -0.2) is 22.8 Å². The Labute approximate surface area is 171 Å². The zero-order chi connectivity index (χ0) is 20.4. The van der Waals surface area contributed by atoms with Crippen molar-refractivity contribution in [1.82, 2.24) is 9.78 Å². The lowest BCUT2D eigenvalue weighted by Gasteiger charge is -2.06. The number of halogens is 1. The molecule has 7 heteroatoms. The second-order valence-electron chi connectivity index (χ2n) is 6.79. The van der Waals surface area contributed by atoms with Crippen molar-refractivity contribution in [2.24, 2.45) is 0 Å². The van der Waals surface area contributed by atoms with E-state index < -0.39 is 0 Å². The van der Waals surface area contributed by atoms with Crippen LogP contribution in [0.1, 0.15) is 26.5 Å². The molecular weight excluding hydrogens is 389 g/mol. The Hall–Kier alpha value is -3.03. The van der Waals surface area contributed by atoms with Crippen molar-refractivity contribution in [2.45, 2.75) is 20.1 Å². The number of nitrogens with one attached hydrogen (secondary N) is 1. The molecule has 0 radical (unpaired) electrons. The van der Waals surface area contributed by atoms with E-state index in [1.165, 1.54) is 23.5 Å². The summed E-state index contributed by atoms with van der Waals surface area (Å²) < 4.78 is 20.2. The number of nitrogens with zero attached hydrogens (tertiary/aromatic N) is 2. The maximum atomic E-state index is 13.1. The van der Waals surface area contributed by atoms with Gasteiger partial charge in [-0.15, -0.1) is 11.3 Å². The molecule has 4 aromatic rings. The molecule has 0 aliphatic heterocycles. The number of methoxy groups -OCH3 is 1. The van der Waals surface area contributed by atoms with Crippen LogP contribution in [0, 0.1) is 12.7 Å². The fourth-order valence-corrected chi connectivity index (χ4v) is 4.25. The lowest BCUT2D eigenvalue weighted by molar-refractivity contribution is 0.103. The number of carbonyl (C=O) groups excluding carboxylic acids is 1. The number of benzene rings is 2. The van der Waals surface area contributed by atoms with Crippen LogP contribution in [0.3, 0.4) is 0 Å². The minimum absolute atomic E-state index is 0.159. The Morgan fingerprint density at radius 3 is 2.72 bits per heavy atom.